The van der Waals surface area contributed by atoms with Crippen LogP contribution in [0.4, 0.5) is 0 Å². The predicted octanol–water partition coefficient (Wildman–Crippen LogP) is 5.24. The zero-order valence-corrected chi connectivity index (χ0v) is 12.7. The van der Waals surface area contributed by atoms with E-state index in [4.69, 9.17) is 0 Å². The second-order valence-corrected chi connectivity index (χ2v) is 5.07. The van der Waals surface area contributed by atoms with Gasteiger partial charge >= 0.3 is 5.97 Å². The fraction of sp³-hybridized carbons (Fsp3) is 0.500. The van der Waals surface area contributed by atoms with E-state index in [9.17, 15) is 4.79 Å². The molecule has 0 unspecified atom stereocenters. The summed E-state index contributed by atoms with van der Waals surface area (Å²) in [5, 5.41) is 0. The van der Waals surface area contributed by atoms with Gasteiger partial charge in [0.1, 0.15) is 0 Å². The van der Waals surface area contributed by atoms with Crippen LogP contribution in [-0.4, -0.2) is 13.1 Å². The van der Waals surface area contributed by atoms with Gasteiger partial charge in [0.2, 0.25) is 0 Å². The summed E-state index contributed by atoms with van der Waals surface area (Å²) in [6.07, 6.45) is 13.4. The fourth-order valence-electron chi connectivity index (χ4n) is 2.11. The predicted molar refractivity (Wildman–Crippen MR) is 84.8 cm³/mol. The van der Waals surface area contributed by atoms with Gasteiger partial charge in [0.15, 0.2) is 0 Å². The van der Waals surface area contributed by atoms with Gasteiger partial charge in [-0.05, 0) is 30.5 Å². The number of benzene rings is 1. The number of ether oxygens (including phenoxy) is 1. The number of carbonyl (C=O) groups excluding carboxylic acids is 1. The van der Waals surface area contributed by atoms with Crippen molar-refractivity contribution in [2.75, 3.05) is 7.11 Å². The lowest BCUT2D eigenvalue weighted by Gasteiger charge is -2.00. The van der Waals surface area contributed by atoms with Crippen molar-refractivity contribution in [2.24, 2.45) is 0 Å². The maximum Gasteiger partial charge on any atom is 0.337 e. The highest BCUT2D eigenvalue weighted by Crippen LogP contribution is 2.10. The van der Waals surface area contributed by atoms with E-state index in [1.807, 2.05) is 12.1 Å². The number of hydrogen-bond donors (Lipinski definition) is 0. The van der Waals surface area contributed by atoms with Crippen LogP contribution in [0.1, 0.15) is 67.8 Å². The minimum atomic E-state index is -0.285. The topological polar surface area (TPSA) is 26.3 Å². The van der Waals surface area contributed by atoms with Crippen LogP contribution in [0.2, 0.25) is 0 Å². The minimum absolute atomic E-state index is 0.285. The summed E-state index contributed by atoms with van der Waals surface area (Å²) in [6, 6.07) is 7.50. The molecule has 0 aliphatic rings. The van der Waals surface area contributed by atoms with Gasteiger partial charge in [0.05, 0.1) is 12.7 Å². The third-order valence-corrected chi connectivity index (χ3v) is 3.37. The Balaban J connectivity index is 2.23. The molecule has 0 aromatic heterocycles. The van der Waals surface area contributed by atoms with E-state index >= 15 is 0 Å². The number of unbranched alkanes of at least 4 members (excludes halogenated alkanes) is 6. The van der Waals surface area contributed by atoms with Gasteiger partial charge in [0.25, 0.3) is 0 Å². The first-order valence-electron chi connectivity index (χ1n) is 7.63. The minimum Gasteiger partial charge on any atom is -0.465 e. The molecule has 0 aliphatic carbocycles. The molecular weight excluding hydrogens is 248 g/mol. The maximum atomic E-state index is 11.3. The van der Waals surface area contributed by atoms with Crippen LogP contribution in [-0.2, 0) is 4.74 Å². The van der Waals surface area contributed by atoms with Crippen molar-refractivity contribution in [3.63, 3.8) is 0 Å². The molecule has 0 radical (unpaired) electrons. The summed E-state index contributed by atoms with van der Waals surface area (Å²) in [5.41, 5.74) is 1.73. The summed E-state index contributed by atoms with van der Waals surface area (Å²) in [4.78, 5) is 11.3. The van der Waals surface area contributed by atoms with Crippen LogP contribution in [0.3, 0.4) is 0 Å². The average Bonchev–Trinajstić information content (AvgIpc) is 2.50. The van der Waals surface area contributed by atoms with E-state index in [2.05, 4.69) is 23.8 Å². The Morgan fingerprint density at radius 2 is 1.70 bits per heavy atom. The molecule has 0 saturated carbocycles. The Kier molecular flexibility index (Phi) is 8.44. The molecule has 0 aliphatic heterocycles. The maximum absolute atomic E-state index is 11.3. The van der Waals surface area contributed by atoms with Crippen molar-refractivity contribution >= 4 is 12.0 Å². The van der Waals surface area contributed by atoms with Crippen molar-refractivity contribution in [1.82, 2.24) is 0 Å². The summed E-state index contributed by atoms with van der Waals surface area (Å²) in [5.74, 6) is -0.285. The Labute approximate surface area is 122 Å². The van der Waals surface area contributed by atoms with Gasteiger partial charge in [-0.2, -0.15) is 0 Å². The van der Waals surface area contributed by atoms with Gasteiger partial charge in [-0.15, -0.1) is 0 Å². The molecule has 0 spiro atoms. The molecule has 20 heavy (non-hydrogen) atoms. The zero-order valence-electron chi connectivity index (χ0n) is 12.7. The molecule has 2 heteroatoms. The van der Waals surface area contributed by atoms with E-state index < -0.39 is 0 Å². The Morgan fingerprint density at radius 1 is 1.05 bits per heavy atom. The standard InChI is InChI=1S/C18H26O2/c1-3-4-5-6-7-8-9-10-11-16-12-14-17(15-13-16)18(19)20-2/h10-15H,3-9H2,1-2H3. The van der Waals surface area contributed by atoms with Gasteiger partial charge in [-0.1, -0.05) is 63.3 Å². The average molecular weight is 274 g/mol. The third kappa shape index (κ3) is 6.55. The fourth-order valence-corrected chi connectivity index (χ4v) is 2.11. The van der Waals surface area contributed by atoms with Crippen LogP contribution in [0, 0.1) is 0 Å². The van der Waals surface area contributed by atoms with Gasteiger partial charge in [-0.25, -0.2) is 4.79 Å². The zero-order chi connectivity index (χ0) is 14.6. The van der Waals surface area contributed by atoms with Crippen LogP contribution in [0.15, 0.2) is 30.3 Å². The van der Waals surface area contributed by atoms with Crippen molar-refractivity contribution in [1.29, 1.82) is 0 Å². The van der Waals surface area contributed by atoms with Crippen LogP contribution < -0.4 is 0 Å². The van der Waals surface area contributed by atoms with Crippen molar-refractivity contribution in [3.05, 3.63) is 41.5 Å². The second-order valence-electron chi connectivity index (χ2n) is 5.07. The molecule has 0 heterocycles. The van der Waals surface area contributed by atoms with E-state index in [1.165, 1.54) is 45.6 Å². The highest BCUT2D eigenvalue weighted by molar-refractivity contribution is 5.89. The molecule has 1 aromatic carbocycles. The Hall–Kier alpha value is -1.57. The van der Waals surface area contributed by atoms with E-state index in [0.29, 0.717) is 5.56 Å². The van der Waals surface area contributed by atoms with Crippen molar-refractivity contribution < 1.29 is 9.53 Å². The van der Waals surface area contributed by atoms with Crippen LogP contribution in [0.25, 0.3) is 6.08 Å². The molecule has 0 amide bonds. The second kappa shape index (κ2) is 10.2. The highest BCUT2D eigenvalue weighted by atomic mass is 16.5. The summed E-state index contributed by atoms with van der Waals surface area (Å²) < 4.78 is 4.67. The molecule has 2 nitrogen and oxygen atoms in total. The Morgan fingerprint density at radius 3 is 2.35 bits per heavy atom. The quantitative estimate of drug-likeness (QED) is 0.455. The monoisotopic (exact) mass is 274 g/mol. The number of allylic oxidation sites excluding steroid dienone is 1. The van der Waals surface area contributed by atoms with E-state index in [-0.39, 0.29) is 5.97 Å². The van der Waals surface area contributed by atoms with Crippen LogP contribution >= 0.6 is 0 Å². The van der Waals surface area contributed by atoms with Crippen molar-refractivity contribution in [2.45, 2.75) is 51.9 Å². The molecule has 1 aromatic rings. The van der Waals surface area contributed by atoms with Gasteiger partial charge in [-0.3, -0.25) is 0 Å². The first-order chi connectivity index (χ1) is 9.77. The van der Waals surface area contributed by atoms with Crippen LogP contribution in [0.5, 0.6) is 0 Å². The summed E-state index contributed by atoms with van der Waals surface area (Å²) in [6.45, 7) is 2.24. The Bertz CT molecular complexity index is 404. The number of rotatable bonds is 9. The molecule has 1 rings (SSSR count). The van der Waals surface area contributed by atoms with E-state index in [0.717, 1.165) is 12.0 Å². The number of carbonyl (C=O) groups is 1. The van der Waals surface area contributed by atoms with Gasteiger partial charge in [0, 0.05) is 0 Å². The molecule has 0 atom stereocenters. The molecule has 110 valence electrons. The highest BCUT2D eigenvalue weighted by Gasteiger charge is 2.02. The molecule has 0 fully saturated rings. The summed E-state index contributed by atoms with van der Waals surface area (Å²) >= 11 is 0. The third-order valence-electron chi connectivity index (χ3n) is 3.37. The first kappa shape index (κ1) is 16.5. The SMILES string of the molecule is CCCCCCCCC=Cc1ccc(C(=O)OC)cc1. The molecule has 0 N–H and O–H groups in total. The molecule has 0 bridgehead atoms. The lowest BCUT2D eigenvalue weighted by Crippen LogP contribution is -2.00. The lowest BCUT2D eigenvalue weighted by molar-refractivity contribution is 0.0601. The number of esters is 1. The first-order valence-corrected chi connectivity index (χ1v) is 7.63. The number of hydrogen-bond acceptors (Lipinski definition) is 2. The largest absolute Gasteiger partial charge is 0.465 e. The lowest BCUT2D eigenvalue weighted by atomic mass is 10.1. The van der Waals surface area contributed by atoms with Crippen molar-refractivity contribution in [3.8, 4) is 0 Å². The van der Waals surface area contributed by atoms with E-state index in [1.54, 1.807) is 12.1 Å². The molecule has 0 saturated heterocycles. The summed E-state index contributed by atoms with van der Waals surface area (Å²) in [7, 11) is 1.40. The smallest absolute Gasteiger partial charge is 0.337 e. The molecular formula is C18H26O2. The normalized spacial score (nSPS) is 10.9. The van der Waals surface area contributed by atoms with Gasteiger partial charge < -0.3 is 4.74 Å². The number of methoxy groups -OCH3 is 1.